The molecule has 3 nitrogen and oxygen atoms in total. The number of carboxylic acids is 1. The number of nitrogens with zero attached hydrogens (tertiary/aromatic N) is 1. The molecule has 1 aromatic carbocycles. The van der Waals surface area contributed by atoms with Gasteiger partial charge in [0.25, 0.3) is 0 Å². The summed E-state index contributed by atoms with van der Waals surface area (Å²) in [5.74, 6) is -1.94. The third kappa shape index (κ3) is 5.62. The molecular formula is C11H11F4NO2. The average molecular weight is 265 g/mol. The summed E-state index contributed by atoms with van der Waals surface area (Å²) >= 11 is 0. The van der Waals surface area contributed by atoms with Gasteiger partial charge in [0.05, 0.1) is 13.1 Å². The largest absolute Gasteiger partial charge is 0.480 e. The van der Waals surface area contributed by atoms with Crippen LogP contribution >= 0.6 is 0 Å². The molecule has 1 N–H and O–H groups in total. The highest BCUT2D eigenvalue weighted by Gasteiger charge is 2.31. The number of carbonyl (C=O) groups is 1. The Morgan fingerprint density at radius 2 is 2.00 bits per heavy atom. The van der Waals surface area contributed by atoms with E-state index in [1.54, 1.807) is 0 Å². The molecule has 0 aliphatic heterocycles. The van der Waals surface area contributed by atoms with Gasteiger partial charge in [-0.25, -0.2) is 4.39 Å². The molecule has 0 fully saturated rings. The number of rotatable bonds is 5. The van der Waals surface area contributed by atoms with Crippen LogP contribution in [0.2, 0.25) is 0 Å². The molecule has 0 amide bonds. The molecule has 0 saturated carbocycles. The maximum Gasteiger partial charge on any atom is 0.401 e. The molecule has 100 valence electrons. The fourth-order valence-corrected chi connectivity index (χ4v) is 1.51. The highest BCUT2D eigenvalue weighted by atomic mass is 19.4. The molecular weight excluding hydrogens is 254 g/mol. The van der Waals surface area contributed by atoms with Crippen LogP contribution in [0.15, 0.2) is 24.3 Å². The van der Waals surface area contributed by atoms with Crippen LogP contribution in [-0.2, 0) is 11.3 Å². The zero-order valence-corrected chi connectivity index (χ0v) is 9.25. The fraction of sp³-hybridized carbons (Fsp3) is 0.364. The minimum Gasteiger partial charge on any atom is -0.480 e. The molecule has 0 heterocycles. The van der Waals surface area contributed by atoms with Crippen molar-refractivity contribution >= 4 is 5.97 Å². The Kier molecular flexibility index (Phi) is 4.66. The van der Waals surface area contributed by atoms with E-state index in [1.165, 1.54) is 12.1 Å². The lowest BCUT2D eigenvalue weighted by Crippen LogP contribution is -2.37. The maximum absolute atomic E-state index is 12.9. The molecule has 0 aliphatic carbocycles. The van der Waals surface area contributed by atoms with Crippen molar-refractivity contribution in [1.82, 2.24) is 4.90 Å². The van der Waals surface area contributed by atoms with Crippen molar-refractivity contribution in [3.8, 4) is 0 Å². The summed E-state index contributed by atoms with van der Waals surface area (Å²) in [5, 5.41) is 8.53. The van der Waals surface area contributed by atoms with Crippen molar-refractivity contribution < 1.29 is 27.5 Å². The van der Waals surface area contributed by atoms with E-state index in [-0.39, 0.29) is 6.54 Å². The Hall–Kier alpha value is -1.63. The first-order chi connectivity index (χ1) is 8.26. The van der Waals surface area contributed by atoms with Crippen molar-refractivity contribution in [2.45, 2.75) is 12.7 Å². The van der Waals surface area contributed by atoms with Gasteiger partial charge in [-0.3, -0.25) is 9.69 Å². The summed E-state index contributed by atoms with van der Waals surface area (Å²) in [7, 11) is 0. The van der Waals surface area contributed by atoms with Gasteiger partial charge in [0, 0.05) is 6.54 Å². The van der Waals surface area contributed by atoms with Gasteiger partial charge in [0.1, 0.15) is 5.82 Å². The van der Waals surface area contributed by atoms with Crippen LogP contribution in [0.3, 0.4) is 0 Å². The van der Waals surface area contributed by atoms with E-state index in [2.05, 4.69) is 0 Å². The molecule has 1 aromatic rings. The monoisotopic (exact) mass is 265 g/mol. The van der Waals surface area contributed by atoms with Gasteiger partial charge in [0.2, 0.25) is 0 Å². The van der Waals surface area contributed by atoms with Crippen LogP contribution in [0.4, 0.5) is 17.6 Å². The number of aliphatic carboxylic acids is 1. The number of halogens is 4. The van der Waals surface area contributed by atoms with Gasteiger partial charge in [-0.05, 0) is 17.7 Å². The maximum atomic E-state index is 12.9. The average Bonchev–Trinajstić information content (AvgIpc) is 2.12. The van der Waals surface area contributed by atoms with Crippen molar-refractivity contribution in [3.63, 3.8) is 0 Å². The van der Waals surface area contributed by atoms with E-state index in [9.17, 15) is 22.4 Å². The van der Waals surface area contributed by atoms with Crippen LogP contribution in [0.1, 0.15) is 5.56 Å². The number of hydrogen-bond donors (Lipinski definition) is 1. The van der Waals surface area contributed by atoms with Crippen LogP contribution in [0.5, 0.6) is 0 Å². The Morgan fingerprint density at radius 3 is 2.50 bits per heavy atom. The predicted octanol–water partition coefficient (Wildman–Crippen LogP) is 2.27. The third-order valence-electron chi connectivity index (χ3n) is 2.06. The second kappa shape index (κ2) is 5.81. The molecule has 0 atom stereocenters. The molecule has 0 bridgehead atoms. The molecule has 1 rings (SSSR count). The molecule has 7 heteroatoms. The van der Waals surface area contributed by atoms with E-state index in [0.29, 0.717) is 10.5 Å². The normalized spacial score (nSPS) is 11.8. The Morgan fingerprint density at radius 1 is 1.33 bits per heavy atom. The van der Waals surface area contributed by atoms with Crippen molar-refractivity contribution in [1.29, 1.82) is 0 Å². The van der Waals surface area contributed by atoms with E-state index in [0.717, 1.165) is 12.1 Å². The molecule has 0 unspecified atom stereocenters. The first-order valence-electron chi connectivity index (χ1n) is 5.01. The Balaban J connectivity index is 2.74. The summed E-state index contributed by atoms with van der Waals surface area (Å²) in [6, 6.07) is 5.03. The Labute approximate surface area is 101 Å². The third-order valence-corrected chi connectivity index (χ3v) is 2.06. The first kappa shape index (κ1) is 14.4. The lowest BCUT2D eigenvalue weighted by molar-refractivity contribution is -0.154. The number of carboxylic acid groups (broad SMARTS) is 1. The smallest absolute Gasteiger partial charge is 0.401 e. The molecule has 0 radical (unpaired) electrons. The summed E-state index contributed by atoms with van der Waals surface area (Å²) in [6.07, 6.45) is -4.50. The second-order valence-corrected chi connectivity index (χ2v) is 3.78. The van der Waals surface area contributed by atoms with E-state index in [4.69, 9.17) is 5.11 Å². The predicted molar refractivity (Wildman–Crippen MR) is 55.4 cm³/mol. The fourth-order valence-electron chi connectivity index (χ4n) is 1.51. The van der Waals surface area contributed by atoms with E-state index < -0.39 is 31.1 Å². The quantitative estimate of drug-likeness (QED) is 0.830. The standard InChI is InChI=1S/C11H11F4NO2/c12-9-3-1-2-8(4-9)5-16(6-10(17)18)7-11(13,14)15/h1-4H,5-7H2,(H,17,18). The number of benzene rings is 1. The van der Waals surface area contributed by atoms with Gasteiger partial charge in [0.15, 0.2) is 0 Å². The lowest BCUT2D eigenvalue weighted by Gasteiger charge is -2.21. The number of hydrogen-bond acceptors (Lipinski definition) is 2. The van der Waals surface area contributed by atoms with Crippen molar-refractivity contribution in [2.75, 3.05) is 13.1 Å². The lowest BCUT2D eigenvalue weighted by atomic mass is 10.2. The topological polar surface area (TPSA) is 40.5 Å². The van der Waals surface area contributed by atoms with Gasteiger partial charge in [-0.1, -0.05) is 12.1 Å². The van der Waals surface area contributed by atoms with Crippen LogP contribution in [-0.4, -0.2) is 35.2 Å². The van der Waals surface area contributed by atoms with Crippen LogP contribution in [0, 0.1) is 5.82 Å². The molecule has 0 aromatic heterocycles. The molecule has 0 spiro atoms. The van der Waals surface area contributed by atoms with Gasteiger partial charge < -0.3 is 5.11 Å². The highest BCUT2D eigenvalue weighted by Crippen LogP contribution is 2.18. The summed E-state index contributed by atoms with van der Waals surface area (Å²) < 4.78 is 49.5. The second-order valence-electron chi connectivity index (χ2n) is 3.78. The zero-order valence-electron chi connectivity index (χ0n) is 9.25. The highest BCUT2D eigenvalue weighted by molar-refractivity contribution is 5.69. The minimum atomic E-state index is -4.50. The minimum absolute atomic E-state index is 0.274. The summed E-state index contributed by atoms with van der Waals surface area (Å²) in [6.45, 7) is -2.38. The van der Waals surface area contributed by atoms with Gasteiger partial charge in [-0.2, -0.15) is 13.2 Å². The van der Waals surface area contributed by atoms with Crippen molar-refractivity contribution in [2.24, 2.45) is 0 Å². The zero-order chi connectivity index (χ0) is 13.8. The first-order valence-corrected chi connectivity index (χ1v) is 5.01. The van der Waals surface area contributed by atoms with Gasteiger partial charge in [-0.15, -0.1) is 0 Å². The van der Waals surface area contributed by atoms with Crippen LogP contribution in [0.25, 0.3) is 0 Å². The Bertz CT molecular complexity index is 420. The van der Waals surface area contributed by atoms with Gasteiger partial charge >= 0.3 is 12.1 Å². The van der Waals surface area contributed by atoms with Crippen molar-refractivity contribution in [3.05, 3.63) is 35.6 Å². The molecule has 0 aliphatic rings. The number of alkyl halides is 3. The molecule has 18 heavy (non-hydrogen) atoms. The summed E-state index contributed by atoms with van der Waals surface area (Å²) in [5.41, 5.74) is 0.292. The van der Waals surface area contributed by atoms with E-state index in [1.807, 2.05) is 0 Å². The van der Waals surface area contributed by atoms with Crippen LogP contribution < -0.4 is 0 Å². The van der Waals surface area contributed by atoms with E-state index >= 15 is 0 Å². The molecule has 0 saturated heterocycles. The SMILES string of the molecule is O=C(O)CN(Cc1cccc(F)c1)CC(F)(F)F. The summed E-state index contributed by atoms with van der Waals surface area (Å²) in [4.78, 5) is 11.2.